The molecule has 0 heterocycles. The Balaban J connectivity index is 3.01. The van der Waals surface area contributed by atoms with E-state index in [-0.39, 0.29) is 18.3 Å². The molecule has 486 valence electrons. The predicted octanol–water partition coefficient (Wildman–Crippen LogP) is 11.9. The summed E-state index contributed by atoms with van der Waals surface area (Å²) in [4.78, 5) is 81.2. The van der Waals surface area contributed by atoms with Crippen LogP contribution in [0.25, 0.3) is 0 Å². The molecule has 84 heavy (non-hydrogen) atoms. The van der Waals surface area contributed by atoms with Crippen LogP contribution in [0.3, 0.4) is 0 Å². The van der Waals surface area contributed by atoms with Crippen molar-refractivity contribution in [3.63, 3.8) is 0 Å². The summed E-state index contributed by atoms with van der Waals surface area (Å²) in [5.41, 5.74) is -0.113. The van der Waals surface area contributed by atoms with Crippen LogP contribution in [0.4, 0.5) is 28.8 Å². The number of amides is 6. The molecule has 0 aliphatic rings. The molecule has 1 aromatic rings. The maximum atomic E-state index is 13.2. The lowest BCUT2D eigenvalue weighted by molar-refractivity contribution is 0.0233. The molecule has 0 aliphatic carbocycles. The number of nitrogens with zero attached hydrogens (tertiary/aromatic N) is 3. The molecule has 0 radical (unpaired) electrons. The molecule has 1 rings (SSSR count). The molecule has 0 atom stereocenters. The third-order valence-corrected chi connectivity index (χ3v) is 11.7. The number of alkyl carbamates (subject to hydrolysis) is 3. The third-order valence-electron chi connectivity index (χ3n) is 11.7. The van der Waals surface area contributed by atoms with E-state index in [2.05, 4.69) is 50.1 Å². The van der Waals surface area contributed by atoms with Gasteiger partial charge in [0.2, 0.25) is 0 Å². The van der Waals surface area contributed by atoms with Crippen molar-refractivity contribution in [3.8, 4) is 0 Å². The lowest BCUT2D eigenvalue weighted by Gasteiger charge is -2.27. The predicted molar refractivity (Wildman–Crippen MR) is 333 cm³/mol. The second-order valence-electron chi connectivity index (χ2n) is 27.6. The van der Waals surface area contributed by atoms with Gasteiger partial charge in [-0.3, -0.25) is 0 Å². The first-order valence-electron chi connectivity index (χ1n) is 31.0. The van der Waals surface area contributed by atoms with Gasteiger partial charge in [0.05, 0.1) is 0 Å². The molecule has 1 aromatic carbocycles. The van der Waals surface area contributed by atoms with E-state index in [0.717, 1.165) is 74.8 Å². The van der Waals surface area contributed by atoms with Crippen LogP contribution >= 0.6 is 0 Å². The van der Waals surface area contributed by atoms with Crippen LogP contribution in [0.5, 0.6) is 0 Å². The Labute approximate surface area is 506 Å². The molecule has 0 aromatic heterocycles. The number of nitrogens with one attached hydrogen (secondary N) is 6. The maximum absolute atomic E-state index is 13.2. The minimum Gasteiger partial charge on any atom is -0.444 e. The van der Waals surface area contributed by atoms with Gasteiger partial charge < -0.3 is 75.0 Å². The largest absolute Gasteiger partial charge is 0.444 e. The Bertz CT molecular complexity index is 1830. The highest BCUT2D eigenvalue weighted by Crippen LogP contribution is 2.17. The second kappa shape index (κ2) is 38.7. The quantitative estimate of drug-likeness (QED) is 0.0271. The number of hydrogen-bond donors (Lipinski definition) is 6. The highest BCUT2D eigenvalue weighted by molar-refractivity contribution is 5.70. The van der Waals surface area contributed by atoms with Crippen LogP contribution in [0.15, 0.2) is 18.2 Å². The Kier molecular flexibility index (Phi) is 35.4. The van der Waals surface area contributed by atoms with E-state index < -0.39 is 51.9 Å². The van der Waals surface area contributed by atoms with Gasteiger partial charge in [0.15, 0.2) is 0 Å². The van der Waals surface area contributed by atoms with Crippen molar-refractivity contribution < 1.29 is 57.2 Å². The van der Waals surface area contributed by atoms with Crippen LogP contribution < -0.4 is 31.9 Å². The van der Waals surface area contributed by atoms with Crippen LogP contribution in [0, 0.1) is 0 Å². The maximum Gasteiger partial charge on any atom is 0.410 e. The van der Waals surface area contributed by atoms with Crippen molar-refractivity contribution in [1.29, 1.82) is 0 Å². The van der Waals surface area contributed by atoms with Gasteiger partial charge in [0.25, 0.3) is 0 Å². The Morgan fingerprint density at radius 3 is 0.679 bits per heavy atom. The number of carbonyl (C=O) groups excluding carboxylic acids is 6. The molecule has 0 fully saturated rings. The zero-order valence-electron chi connectivity index (χ0n) is 55.6. The second-order valence-corrected chi connectivity index (χ2v) is 27.6. The Hall–Kier alpha value is -5.28. The normalized spacial score (nSPS) is 12.2. The van der Waals surface area contributed by atoms with E-state index in [1.165, 1.54) is 0 Å². The van der Waals surface area contributed by atoms with Crippen molar-refractivity contribution in [1.82, 2.24) is 46.6 Å². The number of rotatable bonds is 36. The minimum atomic E-state index is -0.622. The highest BCUT2D eigenvalue weighted by Gasteiger charge is 2.25. The zero-order valence-corrected chi connectivity index (χ0v) is 55.6. The van der Waals surface area contributed by atoms with Crippen molar-refractivity contribution in [2.75, 3.05) is 78.5 Å². The van der Waals surface area contributed by atoms with Gasteiger partial charge in [-0.05, 0) is 238 Å². The molecule has 0 aliphatic heterocycles. The van der Waals surface area contributed by atoms with Crippen molar-refractivity contribution in [3.05, 3.63) is 34.9 Å². The molecule has 6 amide bonds. The number of benzene rings is 1. The molecule has 0 unspecified atom stereocenters. The average Bonchev–Trinajstić information content (AvgIpc) is 3.36. The summed E-state index contributed by atoms with van der Waals surface area (Å²) in [6.07, 6.45) is 6.69. The first-order valence-corrected chi connectivity index (χ1v) is 31.0. The lowest BCUT2D eigenvalue weighted by Crippen LogP contribution is -2.38. The molecular formula is C63H117N9O12. The molecule has 0 spiro atoms. The summed E-state index contributed by atoms with van der Waals surface area (Å²) < 4.78 is 33.3. The molecular weight excluding hydrogens is 1070 g/mol. The van der Waals surface area contributed by atoms with Crippen molar-refractivity contribution in [2.45, 2.75) is 255 Å². The Morgan fingerprint density at radius 1 is 0.298 bits per heavy atom. The van der Waals surface area contributed by atoms with E-state index in [1.54, 1.807) is 14.7 Å². The van der Waals surface area contributed by atoms with Gasteiger partial charge in [-0.2, -0.15) is 0 Å². The van der Waals surface area contributed by atoms with Crippen molar-refractivity contribution >= 4 is 36.6 Å². The SMILES string of the molecule is CC(C)(C)OC(=O)NCCCCN(CCCCNCc1cc(CNCCCCN(CCCCNC(=O)OC(C)(C)C)C(=O)OC(C)(C)C)cc(CNCCCCN(CCCCNC(=O)OC(C)(C)C)C(=O)OC(C)(C)C)c1)C(=O)OC(C)(C)C. The summed E-state index contributed by atoms with van der Waals surface area (Å²) in [6, 6.07) is 6.69. The standard InChI is InChI=1S/C63H117N9O12/c1-58(2,3)79-52(73)67-34-22-28-40-70(55(76)82-61(10,11)12)37-25-19-31-64-46-49-43-50(47-65-32-20-26-38-71(56(77)83-62(13,14)15)41-29-23-35-68-53(74)80-59(4,5)6)45-51(44-49)48-66-33-21-27-39-72(57(78)84-63(16,17)18)42-30-24-36-69-54(75)81-60(7,8)9/h43-45,64-66H,19-42,46-48H2,1-18H3,(H,67,73)(H,68,74)(H,69,75). The summed E-state index contributed by atoms with van der Waals surface area (Å²) in [7, 11) is 0. The molecule has 21 nitrogen and oxygen atoms in total. The molecule has 6 N–H and O–H groups in total. The first-order chi connectivity index (χ1) is 38.9. The fourth-order valence-corrected chi connectivity index (χ4v) is 8.16. The number of ether oxygens (including phenoxy) is 6. The average molecular weight is 1190 g/mol. The van der Waals surface area contributed by atoms with Gasteiger partial charge in [0.1, 0.15) is 33.6 Å². The van der Waals surface area contributed by atoms with Gasteiger partial charge in [-0.25, -0.2) is 28.8 Å². The van der Waals surface area contributed by atoms with E-state index in [4.69, 9.17) is 28.4 Å². The monoisotopic (exact) mass is 1190 g/mol. The minimum absolute atomic E-state index is 0.343. The van der Waals surface area contributed by atoms with Crippen LogP contribution in [0.2, 0.25) is 0 Å². The highest BCUT2D eigenvalue weighted by atomic mass is 16.6. The van der Waals surface area contributed by atoms with Crippen LogP contribution in [-0.2, 0) is 48.1 Å². The van der Waals surface area contributed by atoms with Gasteiger partial charge in [-0.15, -0.1) is 0 Å². The molecule has 0 saturated carbocycles. The molecule has 0 saturated heterocycles. The van der Waals surface area contributed by atoms with E-state index in [0.29, 0.717) is 117 Å². The third kappa shape index (κ3) is 44.2. The Morgan fingerprint density at radius 2 is 0.488 bits per heavy atom. The fourth-order valence-electron chi connectivity index (χ4n) is 8.16. The van der Waals surface area contributed by atoms with E-state index in [9.17, 15) is 28.8 Å². The number of unbranched alkanes of at least 4 members (excludes halogenated alkanes) is 6. The summed E-state index contributed by atoms with van der Waals surface area (Å²) in [5, 5.41) is 19.3. The van der Waals surface area contributed by atoms with Crippen molar-refractivity contribution in [2.24, 2.45) is 0 Å². The first kappa shape index (κ1) is 76.7. The summed E-state index contributed by atoms with van der Waals surface area (Å²) in [6.45, 7) is 42.0. The van der Waals surface area contributed by atoms with Gasteiger partial charge >= 0.3 is 36.6 Å². The summed E-state index contributed by atoms with van der Waals surface area (Å²) >= 11 is 0. The topological polar surface area (TPSA) is 240 Å². The zero-order chi connectivity index (χ0) is 63.6. The van der Waals surface area contributed by atoms with Gasteiger partial charge in [0, 0.05) is 78.5 Å². The lowest BCUT2D eigenvalue weighted by atomic mass is 10.0. The van der Waals surface area contributed by atoms with E-state index >= 15 is 0 Å². The van der Waals surface area contributed by atoms with E-state index in [1.807, 2.05) is 125 Å². The molecule has 21 heteroatoms. The fraction of sp³-hybridized carbons (Fsp3) is 0.810. The number of carbonyl (C=O) groups is 6. The number of hydrogen-bond acceptors (Lipinski definition) is 15. The van der Waals surface area contributed by atoms with Crippen LogP contribution in [-0.4, -0.2) is 163 Å². The molecule has 0 bridgehead atoms. The van der Waals surface area contributed by atoms with Gasteiger partial charge in [-0.1, -0.05) is 18.2 Å². The summed E-state index contributed by atoms with van der Waals surface area (Å²) in [5.74, 6) is 0. The van der Waals surface area contributed by atoms with Crippen LogP contribution in [0.1, 0.15) is 218 Å². The smallest absolute Gasteiger partial charge is 0.410 e.